The van der Waals surface area contributed by atoms with Crippen LogP contribution < -0.4 is 5.32 Å². The van der Waals surface area contributed by atoms with Crippen molar-refractivity contribution in [3.05, 3.63) is 0 Å². The Morgan fingerprint density at radius 2 is 1.80 bits per heavy atom. The van der Waals surface area contributed by atoms with Crippen molar-refractivity contribution < 1.29 is 14.7 Å². The van der Waals surface area contributed by atoms with E-state index in [0.717, 1.165) is 25.7 Å². The Morgan fingerprint density at radius 3 is 2.25 bits per heavy atom. The third-order valence-corrected chi connectivity index (χ3v) is 4.66. The van der Waals surface area contributed by atoms with Crippen LogP contribution >= 0.6 is 0 Å². The summed E-state index contributed by atoms with van der Waals surface area (Å²) in [4.78, 5) is 26.1. The maximum absolute atomic E-state index is 12.2. The van der Waals surface area contributed by atoms with Crippen LogP contribution in [-0.4, -0.2) is 47.1 Å². The van der Waals surface area contributed by atoms with E-state index < -0.39 is 5.54 Å². The summed E-state index contributed by atoms with van der Waals surface area (Å²) in [6, 6.07) is 0. The second kappa shape index (κ2) is 6.12. The van der Waals surface area contributed by atoms with Crippen LogP contribution in [0, 0.1) is 11.8 Å². The second-order valence-electron chi connectivity index (χ2n) is 6.44. The zero-order valence-electron chi connectivity index (χ0n) is 12.5. The monoisotopic (exact) mass is 282 g/mol. The van der Waals surface area contributed by atoms with Crippen LogP contribution in [0.3, 0.4) is 0 Å². The number of aliphatic hydroxyl groups is 1. The van der Waals surface area contributed by atoms with E-state index >= 15 is 0 Å². The van der Waals surface area contributed by atoms with Gasteiger partial charge in [-0.3, -0.25) is 9.59 Å². The Morgan fingerprint density at radius 1 is 1.20 bits per heavy atom. The minimum absolute atomic E-state index is 0.0157. The summed E-state index contributed by atoms with van der Waals surface area (Å²) in [5.41, 5.74) is -0.530. The molecule has 1 heterocycles. The molecule has 0 spiro atoms. The largest absolute Gasteiger partial charge is 0.394 e. The number of hydrogen-bond donors (Lipinski definition) is 2. The van der Waals surface area contributed by atoms with Crippen LogP contribution in [0.15, 0.2) is 0 Å². The van der Waals surface area contributed by atoms with Gasteiger partial charge in [0.25, 0.3) is 0 Å². The van der Waals surface area contributed by atoms with Gasteiger partial charge in [-0.25, -0.2) is 0 Å². The molecule has 1 unspecified atom stereocenters. The van der Waals surface area contributed by atoms with Gasteiger partial charge in [-0.1, -0.05) is 6.92 Å². The SMILES string of the molecule is CCC(C)(CO)NC(=O)C1CCN(C(=O)C2CC2)CC1. The highest BCUT2D eigenvalue weighted by Crippen LogP contribution is 2.32. The van der Waals surface area contributed by atoms with Crippen molar-refractivity contribution in [3.8, 4) is 0 Å². The first-order chi connectivity index (χ1) is 9.49. The third kappa shape index (κ3) is 3.51. The maximum Gasteiger partial charge on any atom is 0.225 e. The van der Waals surface area contributed by atoms with E-state index in [2.05, 4.69) is 5.32 Å². The number of carbonyl (C=O) groups excluding carboxylic acids is 2. The average Bonchev–Trinajstić information content (AvgIpc) is 3.31. The molecule has 0 aromatic heterocycles. The quantitative estimate of drug-likeness (QED) is 0.787. The van der Waals surface area contributed by atoms with Gasteiger partial charge in [-0.15, -0.1) is 0 Å². The van der Waals surface area contributed by atoms with Crippen molar-refractivity contribution in [2.24, 2.45) is 11.8 Å². The molecule has 1 saturated heterocycles. The average molecular weight is 282 g/mol. The van der Waals surface area contributed by atoms with Gasteiger partial charge in [-0.2, -0.15) is 0 Å². The molecule has 1 saturated carbocycles. The highest BCUT2D eigenvalue weighted by molar-refractivity contribution is 5.82. The van der Waals surface area contributed by atoms with Crippen molar-refractivity contribution in [2.45, 2.75) is 51.5 Å². The second-order valence-corrected chi connectivity index (χ2v) is 6.44. The molecule has 2 fully saturated rings. The standard InChI is InChI=1S/C15H26N2O3/c1-3-15(2,10-18)16-13(19)11-6-8-17(9-7-11)14(20)12-4-5-12/h11-12,18H,3-10H2,1-2H3,(H,16,19). The van der Waals surface area contributed by atoms with Crippen molar-refractivity contribution in [1.82, 2.24) is 10.2 Å². The van der Waals surface area contributed by atoms with Crippen molar-refractivity contribution in [1.29, 1.82) is 0 Å². The molecule has 114 valence electrons. The van der Waals surface area contributed by atoms with E-state index in [9.17, 15) is 14.7 Å². The number of nitrogens with one attached hydrogen (secondary N) is 1. The Kier molecular flexibility index (Phi) is 4.68. The van der Waals surface area contributed by atoms with E-state index in [1.807, 2.05) is 18.7 Å². The molecule has 1 aliphatic carbocycles. The van der Waals surface area contributed by atoms with Crippen LogP contribution in [0.1, 0.15) is 46.0 Å². The first-order valence-electron chi connectivity index (χ1n) is 7.71. The number of rotatable bonds is 5. The van der Waals surface area contributed by atoms with E-state index in [0.29, 0.717) is 19.5 Å². The van der Waals surface area contributed by atoms with Gasteiger partial charge in [0.1, 0.15) is 0 Å². The summed E-state index contributed by atoms with van der Waals surface area (Å²) in [6.07, 6.45) is 4.23. The van der Waals surface area contributed by atoms with Gasteiger partial charge in [0, 0.05) is 24.9 Å². The molecule has 2 N–H and O–H groups in total. The lowest BCUT2D eigenvalue weighted by Gasteiger charge is -2.34. The predicted molar refractivity (Wildman–Crippen MR) is 76.0 cm³/mol. The molecule has 5 heteroatoms. The first kappa shape index (κ1) is 15.3. The maximum atomic E-state index is 12.2. The van der Waals surface area contributed by atoms with Crippen LogP contribution in [0.2, 0.25) is 0 Å². The predicted octanol–water partition coefficient (Wildman–Crippen LogP) is 0.912. The van der Waals surface area contributed by atoms with Crippen LogP contribution in [0.5, 0.6) is 0 Å². The van der Waals surface area contributed by atoms with E-state index in [1.165, 1.54) is 0 Å². The minimum Gasteiger partial charge on any atom is -0.394 e. The zero-order chi connectivity index (χ0) is 14.8. The Bertz CT molecular complexity index is 367. The van der Waals surface area contributed by atoms with E-state index in [-0.39, 0.29) is 30.3 Å². The lowest BCUT2D eigenvalue weighted by molar-refractivity contribution is -0.137. The van der Waals surface area contributed by atoms with Gasteiger partial charge < -0.3 is 15.3 Å². The molecule has 0 bridgehead atoms. The van der Waals surface area contributed by atoms with Crippen molar-refractivity contribution >= 4 is 11.8 Å². The fourth-order valence-electron chi connectivity index (χ4n) is 2.59. The number of likely N-dealkylation sites (tertiary alicyclic amines) is 1. The third-order valence-electron chi connectivity index (χ3n) is 4.66. The topological polar surface area (TPSA) is 69.6 Å². The van der Waals surface area contributed by atoms with Crippen molar-refractivity contribution in [2.75, 3.05) is 19.7 Å². The molecule has 20 heavy (non-hydrogen) atoms. The highest BCUT2D eigenvalue weighted by Gasteiger charge is 2.36. The fourth-order valence-corrected chi connectivity index (χ4v) is 2.59. The summed E-state index contributed by atoms with van der Waals surface area (Å²) >= 11 is 0. The molecular formula is C15H26N2O3. The smallest absolute Gasteiger partial charge is 0.225 e. The molecule has 1 aliphatic heterocycles. The molecule has 2 rings (SSSR count). The van der Waals surface area contributed by atoms with Gasteiger partial charge in [0.15, 0.2) is 0 Å². The summed E-state index contributed by atoms with van der Waals surface area (Å²) in [5.74, 6) is 0.522. The Balaban J connectivity index is 1.80. The Hall–Kier alpha value is -1.10. The van der Waals surface area contributed by atoms with Gasteiger partial charge in [-0.05, 0) is 39.0 Å². The molecular weight excluding hydrogens is 256 g/mol. The van der Waals surface area contributed by atoms with Gasteiger partial charge >= 0.3 is 0 Å². The van der Waals surface area contributed by atoms with Gasteiger partial charge in [0.2, 0.25) is 11.8 Å². The lowest BCUT2D eigenvalue weighted by Crippen LogP contribution is -2.52. The van der Waals surface area contributed by atoms with Crippen LogP contribution in [-0.2, 0) is 9.59 Å². The minimum atomic E-state index is -0.530. The fraction of sp³-hybridized carbons (Fsp3) is 0.867. The molecule has 1 atom stereocenters. The number of nitrogens with zero attached hydrogens (tertiary/aromatic N) is 1. The molecule has 0 radical (unpaired) electrons. The molecule has 2 amide bonds. The van der Waals surface area contributed by atoms with Gasteiger partial charge in [0.05, 0.1) is 12.1 Å². The summed E-state index contributed by atoms with van der Waals surface area (Å²) < 4.78 is 0. The highest BCUT2D eigenvalue weighted by atomic mass is 16.3. The molecule has 0 aromatic carbocycles. The van der Waals surface area contributed by atoms with E-state index in [4.69, 9.17) is 0 Å². The summed E-state index contributed by atoms with van der Waals surface area (Å²) in [5, 5.41) is 12.3. The zero-order valence-corrected chi connectivity index (χ0v) is 12.5. The normalized spacial score (nSPS) is 23.2. The summed E-state index contributed by atoms with van der Waals surface area (Å²) in [6.45, 7) is 5.14. The summed E-state index contributed by atoms with van der Waals surface area (Å²) in [7, 11) is 0. The number of amides is 2. The molecule has 0 aromatic rings. The molecule has 5 nitrogen and oxygen atoms in total. The Labute approximate surface area is 120 Å². The molecule has 2 aliphatic rings. The number of carbonyl (C=O) groups is 2. The number of aliphatic hydroxyl groups excluding tert-OH is 1. The van der Waals surface area contributed by atoms with E-state index in [1.54, 1.807) is 0 Å². The first-order valence-corrected chi connectivity index (χ1v) is 7.71. The van der Waals surface area contributed by atoms with Crippen LogP contribution in [0.4, 0.5) is 0 Å². The lowest BCUT2D eigenvalue weighted by atomic mass is 9.93. The number of piperidine rings is 1. The number of hydrogen-bond acceptors (Lipinski definition) is 3. The van der Waals surface area contributed by atoms with Crippen molar-refractivity contribution in [3.63, 3.8) is 0 Å². The van der Waals surface area contributed by atoms with Crippen LogP contribution in [0.25, 0.3) is 0 Å².